The molecule has 0 aliphatic carbocycles. The summed E-state index contributed by atoms with van der Waals surface area (Å²) < 4.78 is 16.4. The van der Waals surface area contributed by atoms with E-state index in [0.29, 0.717) is 17.0 Å². The van der Waals surface area contributed by atoms with E-state index < -0.39 is 18.0 Å². The van der Waals surface area contributed by atoms with E-state index in [1.165, 1.54) is 0 Å². The van der Waals surface area contributed by atoms with Gasteiger partial charge in [0.1, 0.15) is 0 Å². The first kappa shape index (κ1) is 21.0. The average Bonchev–Trinajstić information content (AvgIpc) is 3.34. The van der Waals surface area contributed by atoms with E-state index in [2.05, 4.69) is 10.2 Å². The molecule has 0 amide bonds. The van der Waals surface area contributed by atoms with Crippen molar-refractivity contribution in [2.75, 3.05) is 6.61 Å². The highest BCUT2D eigenvalue weighted by Gasteiger charge is 2.27. The predicted molar refractivity (Wildman–Crippen MR) is 116 cm³/mol. The molecular weight excluding hydrogens is 408 g/mol. The molecule has 4 rings (SSSR count). The maximum atomic E-state index is 12.9. The molecule has 32 heavy (non-hydrogen) atoms. The first-order chi connectivity index (χ1) is 15.7. The van der Waals surface area contributed by atoms with Crippen LogP contribution in [0.25, 0.3) is 22.9 Å². The van der Waals surface area contributed by atoms with Gasteiger partial charge in [-0.3, -0.25) is 0 Å². The lowest BCUT2D eigenvalue weighted by atomic mass is 10.1. The number of carbonyl (C=O) groups excluding carboxylic acids is 2. The standard InChI is InChI=1S/C25H20N2O5/c1-2-30-25(29)21(17-10-5-3-6-11-17)31-24(28)20-15-9-14-19(16-20)23-27-26-22(32-23)18-12-7-4-8-13-18/h3-16,21H,2H2,1H3/t21-/m1/s1. The fourth-order valence-electron chi connectivity index (χ4n) is 3.09. The molecule has 7 nitrogen and oxygen atoms in total. The van der Waals surface area contributed by atoms with Crippen molar-refractivity contribution in [3.8, 4) is 22.9 Å². The highest BCUT2D eigenvalue weighted by molar-refractivity contribution is 5.92. The molecule has 0 N–H and O–H groups in total. The number of carbonyl (C=O) groups is 2. The van der Waals surface area contributed by atoms with Crippen molar-refractivity contribution in [3.63, 3.8) is 0 Å². The lowest BCUT2D eigenvalue weighted by Gasteiger charge is -2.17. The zero-order valence-corrected chi connectivity index (χ0v) is 17.3. The van der Waals surface area contributed by atoms with Gasteiger partial charge >= 0.3 is 11.9 Å². The van der Waals surface area contributed by atoms with E-state index >= 15 is 0 Å². The molecule has 0 unspecified atom stereocenters. The summed E-state index contributed by atoms with van der Waals surface area (Å²) in [6.07, 6.45) is -1.17. The molecule has 4 aromatic rings. The Labute approximate surface area is 184 Å². The molecule has 0 aliphatic heterocycles. The van der Waals surface area contributed by atoms with Crippen LogP contribution in [0.4, 0.5) is 0 Å². The molecule has 0 radical (unpaired) electrons. The highest BCUT2D eigenvalue weighted by Crippen LogP contribution is 2.26. The van der Waals surface area contributed by atoms with Crippen LogP contribution in [-0.2, 0) is 14.3 Å². The van der Waals surface area contributed by atoms with E-state index in [9.17, 15) is 9.59 Å². The summed E-state index contributed by atoms with van der Waals surface area (Å²) in [4.78, 5) is 25.3. The monoisotopic (exact) mass is 428 g/mol. The Bertz CT molecular complexity index is 1210. The first-order valence-electron chi connectivity index (χ1n) is 10.1. The minimum Gasteiger partial charge on any atom is -0.463 e. The molecule has 0 bridgehead atoms. The van der Waals surface area contributed by atoms with Gasteiger partial charge in [-0.2, -0.15) is 0 Å². The topological polar surface area (TPSA) is 91.5 Å². The molecular formula is C25H20N2O5. The lowest BCUT2D eigenvalue weighted by Crippen LogP contribution is -2.22. The maximum Gasteiger partial charge on any atom is 0.352 e. The average molecular weight is 428 g/mol. The van der Waals surface area contributed by atoms with Crippen molar-refractivity contribution in [3.05, 3.63) is 96.1 Å². The lowest BCUT2D eigenvalue weighted by molar-refractivity contribution is -0.153. The van der Waals surface area contributed by atoms with E-state index in [1.54, 1.807) is 55.5 Å². The Morgan fingerprint density at radius 1 is 0.844 bits per heavy atom. The number of benzene rings is 3. The molecule has 1 atom stereocenters. The van der Waals surface area contributed by atoms with Crippen molar-refractivity contribution in [2.45, 2.75) is 13.0 Å². The third kappa shape index (κ3) is 4.73. The van der Waals surface area contributed by atoms with Gasteiger partial charge in [0.15, 0.2) is 0 Å². The number of esters is 2. The Hall–Kier alpha value is -4.26. The third-order valence-corrected chi connectivity index (χ3v) is 4.62. The zero-order chi connectivity index (χ0) is 22.3. The molecule has 160 valence electrons. The van der Waals surface area contributed by atoms with Crippen molar-refractivity contribution in [2.24, 2.45) is 0 Å². The molecule has 1 aromatic heterocycles. The summed E-state index contributed by atoms with van der Waals surface area (Å²) in [5.74, 6) is -0.660. The summed E-state index contributed by atoms with van der Waals surface area (Å²) >= 11 is 0. The van der Waals surface area contributed by atoms with Crippen LogP contribution in [0.2, 0.25) is 0 Å². The molecule has 7 heteroatoms. The molecule has 3 aromatic carbocycles. The summed E-state index contributed by atoms with van der Waals surface area (Å²) in [6.45, 7) is 1.87. The quantitative estimate of drug-likeness (QED) is 0.388. The maximum absolute atomic E-state index is 12.9. The summed E-state index contributed by atoms with van der Waals surface area (Å²) in [5, 5.41) is 8.16. The summed E-state index contributed by atoms with van der Waals surface area (Å²) in [5.41, 5.74) is 2.12. The van der Waals surface area contributed by atoms with Crippen molar-refractivity contribution < 1.29 is 23.5 Å². The Morgan fingerprint density at radius 2 is 1.47 bits per heavy atom. The largest absolute Gasteiger partial charge is 0.463 e. The second-order valence-corrected chi connectivity index (χ2v) is 6.81. The smallest absolute Gasteiger partial charge is 0.352 e. The fraction of sp³-hybridized carbons (Fsp3) is 0.120. The van der Waals surface area contributed by atoms with Gasteiger partial charge < -0.3 is 13.9 Å². The molecule has 0 aliphatic rings. The first-order valence-corrected chi connectivity index (χ1v) is 10.1. The van der Waals surface area contributed by atoms with Gasteiger partial charge in [0.25, 0.3) is 0 Å². The SMILES string of the molecule is CCOC(=O)[C@H](OC(=O)c1cccc(-c2nnc(-c3ccccc3)o2)c1)c1ccccc1. The zero-order valence-electron chi connectivity index (χ0n) is 17.3. The number of ether oxygens (including phenoxy) is 2. The van der Waals surface area contributed by atoms with Gasteiger partial charge in [0, 0.05) is 16.7 Å². The Morgan fingerprint density at radius 3 is 2.16 bits per heavy atom. The van der Waals surface area contributed by atoms with Crippen LogP contribution in [-0.4, -0.2) is 28.7 Å². The predicted octanol–water partition coefficient (Wildman–Crippen LogP) is 4.86. The van der Waals surface area contributed by atoms with Crippen LogP contribution in [0.5, 0.6) is 0 Å². The van der Waals surface area contributed by atoms with Crippen LogP contribution in [0.3, 0.4) is 0 Å². The van der Waals surface area contributed by atoms with E-state index in [-0.39, 0.29) is 18.1 Å². The van der Waals surface area contributed by atoms with Gasteiger partial charge in [0.2, 0.25) is 17.9 Å². The fourth-order valence-corrected chi connectivity index (χ4v) is 3.09. The van der Waals surface area contributed by atoms with Crippen LogP contribution in [0.1, 0.15) is 28.9 Å². The van der Waals surface area contributed by atoms with Crippen molar-refractivity contribution >= 4 is 11.9 Å². The number of hydrogen-bond acceptors (Lipinski definition) is 7. The number of aromatic nitrogens is 2. The van der Waals surface area contributed by atoms with Gasteiger partial charge in [-0.15, -0.1) is 10.2 Å². The van der Waals surface area contributed by atoms with Crippen LogP contribution in [0.15, 0.2) is 89.3 Å². The summed E-state index contributed by atoms with van der Waals surface area (Å²) in [6, 6.07) is 24.7. The number of nitrogens with zero attached hydrogens (tertiary/aromatic N) is 2. The minimum atomic E-state index is -1.17. The number of rotatable bonds is 7. The Balaban J connectivity index is 1.57. The van der Waals surface area contributed by atoms with Crippen LogP contribution in [0, 0.1) is 0 Å². The third-order valence-electron chi connectivity index (χ3n) is 4.62. The molecule has 0 fully saturated rings. The minimum absolute atomic E-state index is 0.177. The van der Waals surface area contributed by atoms with E-state index in [4.69, 9.17) is 13.9 Å². The van der Waals surface area contributed by atoms with Crippen LogP contribution >= 0.6 is 0 Å². The molecule has 0 saturated carbocycles. The van der Waals surface area contributed by atoms with Gasteiger partial charge in [-0.05, 0) is 37.3 Å². The van der Waals surface area contributed by atoms with Gasteiger partial charge in [-0.1, -0.05) is 54.6 Å². The van der Waals surface area contributed by atoms with E-state index in [0.717, 1.165) is 5.56 Å². The second kappa shape index (κ2) is 9.70. The van der Waals surface area contributed by atoms with E-state index in [1.807, 2.05) is 36.4 Å². The molecule has 0 spiro atoms. The van der Waals surface area contributed by atoms with Crippen molar-refractivity contribution in [1.29, 1.82) is 0 Å². The number of hydrogen-bond donors (Lipinski definition) is 0. The van der Waals surface area contributed by atoms with Gasteiger partial charge in [-0.25, -0.2) is 9.59 Å². The Kier molecular flexibility index (Phi) is 6.36. The van der Waals surface area contributed by atoms with Gasteiger partial charge in [0.05, 0.1) is 12.2 Å². The molecule has 1 heterocycles. The normalized spacial score (nSPS) is 11.5. The van der Waals surface area contributed by atoms with Crippen molar-refractivity contribution in [1.82, 2.24) is 10.2 Å². The summed E-state index contributed by atoms with van der Waals surface area (Å²) in [7, 11) is 0. The second-order valence-electron chi connectivity index (χ2n) is 6.81. The molecule has 0 saturated heterocycles. The van der Waals surface area contributed by atoms with Crippen LogP contribution < -0.4 is 0 Å². The highest BCUT2D eigenvalue weighted by atomic mass is 16.6.